The highest BCUT2D eigenvalue weighted by molar-refractivity contribution is 5.95. The number of pyridine rings is 1. The number of aromatic nitrogens is 2. The van der Waals surface area contributed by atoms with Crippen molar-refractivity contribution in [2.45, 2.75) is 27.3 Å². The second-order valence-corrected chi connectivity index (χ2v) is 5.96. The lowest BCUT2D eigenvalue weighted by Gasteiger charge is -2.10. The van der Waals surface area contributed by atoms with Gasteiger partial charge in [-0.05, 0) is 50.1 Å². The zero-order valence-corrected chi connectivity index (χ0v) is 14.4. The van der Waals surface area contributed by atoms with Crippen molar-refractivity contribution in [3.05, 3.63) is 58.5 Å². The molecule has 2 aromatic heterocycles. The van der Waals surface area contributed by atoms with Gasteiger partial charge in [0.05, 0.1) is 12.6 Å². The average Bonchev–Trinajstić information content (AvgIpc) is 2.87. The minimum atomic E-state index is -0.248. The number of nitrogens with one attached hydrogen (secondary N) is 2. The average molecular weight is 323 g/mol. The monoisotopic (exact) mass is 323 g/mol. The fourth-order valence-electron chi connectivity index (χ4n) is 2.91. The number of carbonyl (C=O) groups excluding carboxylic acids is 1. The van der Waals surface area contributed by atoms with E-state index in [4.69, 9.17) is 4.74 Å². The standard InChI is InChI=1S/C19H21N3O2/c1-11-8-14(17-15(9-11)12(2)13(3)22-17)10-21-19(23)18-16(24-4)6-5-7-20-18/h5-9,22H,10H2,1-4H3,(H,21,23). The molecule has 0 aliphatic rings. The number of aromatic amines is 1. The van der Waals surface area contributed by atoms with Gasteiger partial charge >= 0.3 is 0 Å². The van der Waals surface area contributed by atoms with E-state index in [1.807, 2.05) is 0 Å². The van der Waals surface area contributed by atoms with E-state index in [0.29, 0.717) is 18.0 Å². The summed E-state index contributed by atoms with van der Waals surface area (Å²) in [6, 6.07) is 7.73. The molecule has 0 aliphatic heterocycles. The molecule has 0 aliphatic carbocycles. The van der Waals surface area contributed by atoms with E-state index in [1.165, 1.54) is 23.6 Å². The summed E-state index contributed by atoms with van der Waals surface area (Å²) in [5.41, 5.74) is 5.99. The number of carbonyl (C=O) groups is 1. The number of benzene rings is 1. The predicted octanol–water partition coefficient (Wildman–Crippen LogP) is 3.43. The van der Waals surface area contributed by atoms with E-state index in [0.717, 1.165) is 16.8 Å². The van der Waals surface area contributed by atoms with Crippen LogP contribution in [0.2, 0.25) is 0 Å². The highest BCUT2D eigenvalue weighted by atomic mass is 16.5. The van der Waals surface area contributed by atoms with E-state index < -0.39 is 0 Å². The van der Waals surface area contributed by atoms with Gasteiger partial charge in [0.15, 0.2) is 5.69 Å². The van der Waals surface area contributed by atoms with Gasteiger partial charge in [-0.1, -0.05) is 11.6 Å². The molecule has 3 rings (SSSR count). The molecular formula is C19H21N3O2. The summed E-state index contributed by atoms with van der Waals surface area (Å²) in [7, 11) is 1.53. The van der Waals surface area contributed by atoms with Gasteiger partial charge in [-0.25, -0.2) is 4.98 Å². The van der Waals surface area contributed by atoms with Crippen LogP contribution >= 0.6 is 0 Å². The Bertz CT molecular complexity index is 912. The normalized spacial score (nSPS) is 10.8. The number of hydrogen-bond acceptors (Lipinski definition) is 3. The molecule has 3 aromatic rings. The van der Waals surface area contributed by atoms with Crippen molar-refractivity contribution in [3.63, 3.8) is 0 Å². The number of H-pyrrole nitrogens is 1. The molecule has 0 fully saturated rings. The number of ether oxygens (including phenoxy) is 1. The summed E-state index contributed by atoms with van der Waals surface area (Å²) in [4.78, 5) is 20.0. The third kappa shape index (κ3) is 2.85. The SMILES string of the molecule is COc1cccnc1C(=O)NCc1cc(C)cc2c(C)c(C)[nH]c12. The van der Waals surface area contributed by atoms with Crippen LogP contribution in [0.3, 0.4) is 0 Å². The van der Waals surface area contributed by atoms with Crippen molar-refractivity contribution in [2.24, 2.45) is 0 Å². The van der Waals surface area contributed by atoms with Crippen LogP contribution in [0, 0.1) is 20.8 Å². The van der Waals surface area contributed by atoms with Gasteiger partial charge in [0, 0.05) is 23.8 Å². The van der Waals surface area contributed by atoms with Gasteiger partial charge in [-0.3, -0.25) is 4.79 Å². The minimum absolute atomic E-state index is 0.248. The molecule has 0 radical (unpaired) electrons. The smallest absolute Gasteiger partial charge is 0.274 e. The maximum absolute atomic E-state index is 12.4. The van der Waals surface area contributed by atoms with E-state index in [2.05, 4.69) is 48.2 Å². The third-order valence-corrected chi connectivity index (χ3v) is 4.29. The van der Waals surface area contributed by atoms with Crippen LogP contribution in [0.4, 0.5) is 0 Å². The Morgan fingerprint density at radius 2 is 2.08 bits per heavy atom. The first-order valence-electron chi connectivity index (χ1n) is 7.87. The molecule has 24 heavy (non-hydrogen) atoms. The highest BCUT2D eigenvalue weighted by Crippen LogP contribution is 2.26. The molecule has 0 saturated heterocycles. The number of aryl methyl sites for hydroxylation is 3. The Morgan fingerprint density at radius 3 is 2.83 bits per heavy atom. The summed E-state index contributed by atoms with van der Waals surface area (Å²) in [6.07, 6.45) is 1.58. The lowest BCUT2D eigenvalue weighted by Crippen LogP contribution is -2.24. The Labute approximate surface area is 141 Å². The van der Waals surface area contributed by atoms with Gasteiger partial charge in [-0.15, -0.1) is 0 Å². The van der Waals surface area contributed by atoms with Crippen molar-refractivity contribution in [1.82, 2.24) is 15.3 Å². The summed E-state index contributed by atoms with van der Waals surface area (Å²) < 4.78 is 5.20. The van der Waals surface area contributed by atoms with Crippen LogP contribution in [0.5, 0.6) is 5.75 Å². The maximum Gasteiger partial charge on any atom is 0.274 e. The Hall–Kier alpha value is -2.82. The van der Waals surface area contributed by atoms with Crippen molar-refractivity contribution in [1.29, 1.82) is 0 Å². The van der Waals surface area contributed by atoms with Gasteiger partial charge in [0.1, 0.15) is 5.75 Å². The molecule has 0 unspecified atom stereocenters. The largest absolute Gasteiger partial charge is 0.494 e. The third-order valence-electron chi connectivity index (χ3n) is 4.29. The quantitative estimate of drug-likeness (QED) is 0.773. The molecule has 0 saturated carbocycles. The number of nitrogens with zero attached hydrogens (tertiary/aromatic N) is 1. The van der Waals surface area contributed by atoms with Crippen LogP contribution in [0.25, 0.3) is 10.9 Å². The molecule has 1 aromatic carbocycles. The second kappa shape index (κ2) is 6.35. The molecule has 0 bridgehead atoms. The number of amides is 1. The molecule has 2 heterocycles. The summed E-state index contributed by atoms with van der Waals surface area (Å²) >= 11 is 0. The fraction of sp³-hybridized carbons (Fsp3) is 0.263. The first-order chi connectivity index (χ1) is 11.5. The highest BCUT2D eigenvalue weighted by Gasteiger charge is 2.15. The zero-order chi connectivity index (χ0) is 17.3. The van der Waals surface area contributed by atoms with E-state index in [1.54, 1.807) is 18.3 Å². The van der Waals surface area contributed by atoms with Crippen molar-refractivity contribution < 1.29 is 9.53 Å². The summed E-state index contributed by atoms with van der Waals surface area (Å²) in [6.45, 7) is 6.66. The van der Waals surface area contributed by atoms with Crippen LogP contribution in [0.1, 0.15) is 32.9 Å². The van der Waals surface area contributed by atoms with E-state index >= 15 is 0 Å². The van der Waals surface area contributed by atoms with Crippen molar-refractivity contribution in [3.8, 4) is 5.75 Å². The Kier molecular flexibility index (Phi) is 4.25. The number of methoxy groups -OCH3 is 1. The lowest BCUT2D eigenvalue weighted by molar-refractivity contribution is 0.0942. The van der Waals surface area contributed by atoms with Crippen LogP contribution in [-0.2, 0) is 6.54 Å². The Balaban J connectivity index is 1.88. The lowest BCUT2D eigenvalue weighted by atomic mass is 10.0. The van der Waals surface area contributed by atoms with Gasteiger partial charge in [0.2, 0.25) is 0 Å². The zero-order valence-electron chi connectivity index (χ0n) is 14.4. The predicted molar refractivity (Wildman–Crippen MR) is 94.5 cm³/mol. The van der Waals surface area contributed by atoms with E-state index in [-0.39, 0.29) is 5.91 Å². The summed E-state index contributed by atoms with van der Waals surface area (Å²) in [5.74, 6) is 0.220. The molecule has 5 nitrogen and oxygen atoms in total. The molecule has 124 valence electrons. The van der Waals surface area contributed by atoms with Crippen molar-refractivity contribution in [2.75, 3.05) is 7.11 Å². The molecule has 2 N–H and O–H groups in total. The maximum atomic E-state index is 12.4. The van der Waals surface area contributed by atoms with Crippen LogP contribution in [-0.4, -0.2) is 23.0 Å². The first kappa shape index (κ1) is 16.1. The number of rotatable bonds is 4. The molecule has 0 spiro atoms. The fourth-order valence-corrected chi connectivity index (χ4v) is 2.91. The molecular weight excluding hydrogens is 302 g/mol. The number of fused-ring (bicyclic) bond motifs is 1. The Morgan fingerprint density at radius 1 is 1.29 bits per heavy atom. The second-order valence-electron chi connectivity index (χ2n) is 5.96. The molecule has 5 heteroatoms. The van der Waals surface area contributed by atoms with Gasteiger partial charge in [0.25, 0.3) is 5.91 Å². The summed E-state index contributed by atoms with van der Waals surface area (Å²) in [5, 5.41) is 4.14. The minimum Gasteiger partial charge on any atom is -0.494 e. The molecule has 0 atom stereocenters. The van der Waals surface area contributed by atoms with Gasteiger partial charge in [-0.2, -0.15) is 0 Å². The van der Waals surface area contributed by atoms with Crippen LogP contribution in [0.15, 0.2) is 30.5 Å². The van der Waals surface area contributed by atoms with E-state index in [9.17, 15) is 4.79 Å². The first-order valence-corrected chi connectivity index (χ1v) is 7.87. The molecule has 1 amide bonds. The topological polar surface area (TPSA) is 67.0 Å². The number of hydrogen-bond donors (Lipinski definition) is 2. The van der Waals surface area contributed by atoms with Crippen molar-refractivity contribution >= 4 is 16.8 Å². The van der Waals surface area contributed by atoms with Gasteiger partial charge < -0.3 is 15.0 Å². The van der Waals surface area contributed by atoms with Crippen LogP contribution < -0.4 is 10.1 Å².